The van der Waals surface area contributed by atoms with Crippen molar-refractivity contribution in [3.8, 4) is 0 Å². The number of aliphatic carboxylic acids is 1. The smallest absolute Gasteiger partial charge is 0.320 e. The minimum atomic E-state index is -3.04. The molecule has 0 aromatic rings. The molecular weight excluding hydrogens is 272 g/mol. The summed E-state index contributed by atoms with van der Waals surface area (Å²) < 4.78 is 22.9. The molecule has 0 bridgehead atoms. The van der Waals surface area contributed by atoms with Crippen molar-refractivity contribution in [3.63, 3.8) is 0 Å². The van der Waals surface area contributed by atoms with Crippen molar-refractivity contribution in [1.29, 1.82) is 0 Å². The van der Waals surface area contributed by atoms with Crippen molar-refractivity contribution < 1.29 is 23.1 Å². The SMILES string of the molecule is O=C(O)C1CCN(C(=O)N2CCCS(=O)(=O)CC2)C1. The molecule has 2 fully saturated rings. The Morgan fingerprint density at radius 1 is 1.05 bits per heavy atom. The molecule has 19 heavy (non-hydrogen) atoms. The normalized spacial score (nSPS) is 27.1. The molecule has 1 unspecified atom stereocenters. The molecule has 1 atom stereocenters. The van der Waals surface area contributed by atoms with Crippen LogP contribution in [0.2, 0.25) is 0 Å². The zero-order valence-electron chi connectivity index (χ0n) is 10.6. The number of carbonyl (C=O) groups is 2. The molecule has 0 spiro atoms. The van der Waals surface area contributed by atoms with Crippen LogP contribution in [0.3, 0.4) is 0 Å². The second kappa shape index (κ2) is 5.36. The zero-order valence-corrected chi connectivity index (χ0v) is 11.4. The zero-order chi connectivity index (χ0) is 14.0. The Morgan fingerprint density at radius 3 is 2.42 bits per heavy atom. The molecule has 2 heterocycles. The predicted molar refractivity (Wildman–Crippen MR) is 67.6 cm³/mol. The lowest BCUT2D eigenvalue weighted by atomic mass is 10.1. The third kappa shape index (κ3) is 3.37. The molecule has 1 N–H and O–H groups in total. The van der Waals surface area contributed by atoms with Crippen LogP contribution in [0.1, 0.15) is 12.8 Å². The third-order valence-corrected chi connectivity index (χ3v) is 5.35. The fraction of sp³-hybridized carbons (Fsp3) is 0.818. The molecule has 2 aliphatic rings. The van der Waals surface area contributed by atoms with Gasteiger partial charge in [-0.2, -0.15) is 0 Å². The van der Waals surface area contributed by atoms with Crippen molar-refractivity contribution >= 4 is 21.8 Å². The molecule has 2 amide bonds. The highest BCUT2D eigenvalue weighted by Crippen LogP contribution is 2.18. The van der Waals surface area contributed by atoms with Gasteiger partial charge in [0.1, 0.15) is 0 Å². The highest BCUT2D eigenvalue weighted by molar-refractivity contribution is 7.91. The number of urea groups is 1. The maximum absolute atomic E-state index is 12.2. The Bertz CT molecular complexity index is 475. The van der Waals surface area contributed by atoms with Gasteiger partial charge in [-0.1, -0.05) is 0 Å². The molecule has 0 saturated carbocycles. The maximum atomic E-state index is 12.2. The van der Waals surface area contributed by atoms with E-state index in [1.54, 1.807) is 0 Å². The molecule has 0 aliphatic carbocycles. The molecule has 0 aromatic heterocycles. The summed E-state index contributed by atoms with van der Waals surface area (Å²) in [5.74, 6) is -1.27. The van der Waals surface area contributed by atoms with Gasteiger partial charge in [0.2, 0.25) is 0 Å². The monoisotopic (exact) mass is 290 g/mol. The minimum Gasteiger partial charge on any atom is -0.481 e. The molecule has 2 aliphatic heterocycles. The molecular formula is C11H18N2O5S. The molecule has 7 nitrogen and oxygen atoms in total. The van der Waals surface area contributed by atoms with E-state index in [0.29, 0.717) is 25.9 Å². The first kappa shape index (κ1) is 14.1. The summed E-state index contributed by atoms with van der Waals surface area (Å²) in [6, 6.07) is -0.235. The number of carboxylic acid groups (broad SMARTS) is 1. The Hall–Kier alpha value is -1.31. The van der Waals surface area contributed by atoms with Crippen molar-refractivity contribution in [1.82, 2.24) is 9.80 Å². The highest BCUT2D eigenvalue weighted by atomic mass is 32.2. The maximum Gasteiger partial charge on any atom is 0.320 e. The van der Waals surface area contributed by atoms with Crippen LogP contribution in [0.25, 0.3) is 0 Å². The van der Waals surface area contributed by atoms with E-state index >= 15 is 0 Å². The number of hydrogen-bond donors (Lipinski definition) is 1. The summed E-state index contributed by atoms with van der Waals surface area (Å²) in [6.45, 7) is 1.28. The lowest BCUT2D eigenvalue weighted by molar-refractivity contribution is -0.141. The number of amides is 2. The average Bonchev–Trinajstić information content (AvgIpc) is 2.75. The van der Waals surface area contributed by atoms with E-state index in [9.17, 15) is 18.0 Å². The van der Waals surface area contributed by atoms with Crippen molar-refractivity contribution in [2.24, 2.45) is 5.92 Å². The van der Waals surface area contributed by atoms with Crippen molar-refractivity contribution in [2.45, 2.75) is 12.8 Å². The summed E-state index contributed by atoms with van der Waals surface area (Å²) in [6.07, 6.45) is 0.914. The molecule has 8 heteroatoms. The Labute approximate surface area is 112 Å². The van der Waals surface area contributed by atoms with E-state index in [1.807, 2.05) is 0 Å². The lowest BCUT2D eigenvalue weighted by Gasteiger charge is -2.26. The van der Waals surface area contributed by atoms with E-state index in [2.05, 4.69) is 0 Å². The second-order valence-electron chi connectivity index (χ2n) is 5.04. The van der Waals surface area contributed by atoms with Crippen molar-refractivity contribution in [2.75, 3.05) is 37.7 Å². The number of carboxylic acids is 1. The number of rotatable bonds is 1. The van der Waals surface area contributed by atoms with Gasteiger partial charge in [-0.15, -0.1) is 0 Å². The third-order valence-electron chi connectivity index (χ3n) is 3.63. The Morgan fingerprint density at radius 2 is 1.79 bits per heavy atom. The quantitative estimate of drug-likeness (QED) is 0.711. The predicted octanol–water partition coefficient (Wildman–Crippen LogP) is -0.367. The van der Waals surface area contributed by atoms with Gasteiger partial charge in [0.15, 0.2) is 9.84 Å². The topological polar surface area (TPSA) is 95.0 Å². The van der Waals surface area contributed by atoms with Crippen LogP contribution < -0.4 is 0 Å². The Kier molecular flexibility index (Phi) is 3.98. The molecule has 108 valence electrons. The van der Waals surface area contributed by atoms with Crippen LogP contribution in [0, 0.1) is 5.92 Å². The number of sulfone groups is 1. The van der Waals surface area contributed by atoms with Crippen LogP contribution in [-0.4, -0.2) is 73.0 Å². The summed E-state index contributed by atoms with van der Waals surface area (Å²) in [5.41, 5.74) is 0. The lowest BCUT2D eigenvalue weighted by Crippen LogP contribution is -2.43. The first-order chi connectivity index (χ1) is 8.89. The molecule has 0 aromatic carbocycles. The van der Waals surface area contributed by atoms with Gasteiger partial charge in [0.25, 0.3) is 0 Å². The van der Waals surface area contributed by atoms with Crippen LogP contribution >= 0.6 is 0 Å². The summed E-state index contributed by atoms with van der Waals surface area (Å²) in [7, 11) is -3.04. The van der Waals surface area contributed by atoms with Gasteiger partial charge in [-0.25, -0.2) is 13.2 Å². The van der Waals surface area contributed by atoms with Gasteiger partial charge in [-0.3, -0.25) is 4.79 Å². The van der Waals surface area contributed by atoms with Gasteiger partial charge in [0.05, 0.1) is 17.4 Å². The van der Waals surface area contributed by atoms with E-state index in [1.165, 1.54) is 9.80 Å². The number of carbonyl (C=O) groups excluding carboxylic acids is 1. The first-order valence-corrected chi connectivity index (χ1v) is 8.18. The second-order valence-corrected chi connectivity index (χ2v) is 7.35. The first-order valence-electron chi connectivity index (χ1n) is 6.36. The fourth-order valence-corrected chi connectivity index (χ4v) is 3.74. The number of likely N-dealkylation sites (tertiary alicyclic amines) is 1. The van der Waals surface area contributed by atoms with Crippen molar-refractivity contribution in [3.05, 3.63) is 0 Å². The van der Waals surface area contributed by atoms with Gasteiger partial charge < -0.3 is 14.9 Å². The summed E-state index contributed by atoms with van der Waals surface area (Å²) in [4.78, 5) is 26.1. The van der Waals surface area contributed by atoms with E-state index < -0.39 is 21.7 Å². The van der Waals surface area contributed by atoms with E-state index in [4.69, 9.17) is 5.11 Å². The number of hydrogen-bond acceptors (Lipinski definition) is 4. The highest BCUT2D eigenvalue weighted by Gasteiger charge is 2.33. The minimum absolute atomic E-state index is 0.00502. The van der Waals surface area contributed by atoms with Gasteiger partial charge in [0, 0.05) is 26.2 Å². The van der Waals surface area contributed by atoms with Gasteiger partial charge in [-0.05, 0) is 12.8 Å². The average molecular weight is 290 g/mol. The summed E-state index contributed by atoms with van der Waals surface area (Å²) in [5, 5.41) is 8.91. The molecule has 2 saturated heterocycles. The largest absolute Gasteiger partial charge is 0.481 e. The van der Waals surface area contributed by atoms with E-state index in [-0.39, 0.29) is 30.6 Å². The Balaban J connectivity index is 1.95. The van der Waals surface area contributed by atoms with Crippen LogP contribution in [-0.2, 0) is 14.6 Å². The molecule has 2 rings (SSSR count). The number of nitrogens with zero attached hydrogens (tertiary/aromatic N) is 2. The molecule has 0 radical (unpaired) electrons. The van der Waals surface area contributed by atoms with Crippen LogP contribution in [0.15, 0.2) is 0 Å². The fourth-order valence-electron chi connectivity index (χ4n) is 2.47. The van der Waals surface area contributed by atoms with E-state index in [0.717, 1.165) is 0 Å². The van der Waals surface area contributed by atoms with Gasteiger partial charge >= 0.3 is 12.0 Å². The summed E-state index contributed by atoms with van der Waals surface area (Å²) >= 11 is 0. The van der Waals surface area contributed by atoms with Crippen LogP contribution in [0.4, 0.5) is 4.79 Å². The van der Waals surface area contributed by atoms with Crippen LogP contribution in [0.5, 0.6) is 0 Å². The standard InChI is InChI=1S/C11H18N2O5S/c14-10(15)9-2-4-13(8-9)11(16)12-3-1-6-19(17,18)7-5-12/h9H,1-8H2,(H,14,15).